The van der Waals surface area contributed by atoms with Gasteiger partial charge in [-0.25, -0.2) is 14.6 Å². The van der Waals surface area contributed by atoms with E-state index >= 15 is 0 Å². The number of carbonyl (C=O) groups is 2. The van der Waals surface area contributed by atoms with E-state index in [1.165, 1.54) is 4.90 Å². The van der Waals surface area contributed by atoms with Crippen molar-refractivity contribution in [1.82, 2.24) is 9.88 Å². The summed E-state index contributed by atoms with van der Waals surface area (Å²) < 4.78 is 6.14. The number of rotatable bonds is 2. The van der Waals surface area contributed by atoms with Crippen molar-refractivity contribution in [3.05, 3.63) is 22.8 Å². The van der Waals surface area contributed by atoms with Crippen LogP contribution in [0, 0.1) is 0 Å². The van der Waals surface area contributed by atoms with Crippen LogP contribution >= 0.6 is 15.9 Å². The fraction of sp³-hybridized carbons (Fsp3) is 0.533. The second-order valence-corrected chi connectivity index (χ2v) is 7.22. The number of ether oxygens (including phenoxy) is 1. The first kappa shape index (κ1) is 17.5. The molecular weight excluding hydrogens is 366 g/mol. The number of piperazine rings is 1. The minimum atomic E-state index is -0.997. The van der Waals surface area contributed by atoms with Crippen LogP contribution in [0.25, 0.3) is 0 Å². The normalized spacial score (nSPS) is 18.7. The molecule has 23 heavy (non-hydrogen) atoms. The topological polar surface area (TPSA) is 83.0 Å². The fourth-order valence-corrected chi connectivity index (χ4v) is 2.53. The van der Waals surface area contributed by atoms with E-state index in [0.29, 0.717) is 18.9 Å². The van der Waals surface area contributed by atoms with Gasteiger partial charge < -0.3 is 19.6 Å². The molecule has 1 aliphatic heterocycles. The number of carboxylic acid groups (broad SMARTS) is 1. The molecule has 0 radical (unpaired) electrons. The van der Waals surface area contributed by atoms with Gasteiger partial charge in [0.25, 0.3) is 0 Å². The second kappa shape index (κ2) is 6.74. The summed E-state index contributed by atoms with van der Waals surface area (Å²) >= 11 is 3.30. The Morgan fingerprint density at radius 1 is 1.35 bits per heavy atom. The van der Waals surface area contributed by atoms with Crippen molar-refractivity contribution in [2.45, 2.75) is 32.4 Å². The number of hydrogen-bond acceptors (Lipinski definition) is 5. The van der Waals surface area contributed by atoms with E-state index in [0.717, 1.165) is 4.47 Å². The SMILES string of the molecule is CC(C)(C)OC(=O)N1CCN(c2ccc(Br)cn2)C(C(=O)O)C1. The van der Waals surface area contributed by atoms with Gasteiger partial charge in [-0.1, -0.05) is 0 Å². The molecule has 7 nitrogen and oxygen atoms in total. The van der Waals surface area contributed by atoms with Crippen molar-refractivity contribution in [2.75, 3.05) is 24.5 Å². The molecule has 1 aromatic rings. The van der Waals surface area contributed by atoms with Crippen molar-refractivity contribution < 1.29 is 19.4 Å². The smallest absolute Gasteiger partial charge is 0.410 e. The number of anilines is 1. The summed E-state index contributed by atoms with van der Waals surface area (Å²) in [6, 6.07) is 2.70. The number of pyridine rings is 1. The summed E-state index contributed by atoms with van der Waals surface area (Å²) in [5.41, 5.74) is -0.611. The summed E-state index contributed by atoms with van der Waals surface area (Å²) in [4.78, 5) is 31.1. The standard InChI is InChI=1S/C15H20BrN3O4/c1-15(2,3)23-14(22)18-6-7-19(11(9-18)13(20)21)12-5-4-10(16)8-17-12/h4-5,8,11H,6-7,9H2,1-3H3,(H,20,21). The summed E-state index contributed by atoms with van der Waals surface area (Å²) in [5.74, 6) is -0.424. The average Bonchev–Trinajstić information content (AvgIpc) is 2.45. The van der Waals surface area contributed by atoms with Gasteiger partial charge >= 0.3 is 12.1 Å². The Hall–Kier alpha value is -1.83. The lowest BCUT2D eigenvalue weighted by Crippen LogP contribution is -2.58. The highest BCUT2D eigenvalue weighted by atomic mass is 79.9. The van der Waals surface area contributed by atoms with E-state index in [2.05, 4.69) is 20.9 Å². The number of hydrogen-bond donors (Lipinski definition) is 1. The molecule has 0 bridgehead atoms. The van der Waals surface area contributed by atoms with Gasteiger partial charge in [0.1, 0.15) is 17.5 Å². The lowest BCUT2D eigenvalue weighted by atomic mass is 10.1. The first-order chi connectivity index (χ1) is 10.7. The van der Waals surface area contributed by atoms with Crippen molar-refractivity contribution in [1.29, 1.82) is 0 Å². The van der Waals surface area contributed by atoms with E-state index in [-0.39, 0.29) is 6.54 Å². The fourth-order valence-electron chi connectivity index (χ4n) is 2.30. The number of carboxylic acids is 1. The maximum Gasteiger partial charge on any atom is 0.410 e. The second-order valence-electron chi connectivity index (χ2n) is 6.31. The lowest BCUT2D eigenvalue weighted by Gasteiger charge is -2.40. The lowest BCUT2D eigenvalue weighted by molar-refractivity contribution is -0.139. The summed E-state index contributed by atoms with van der Waals surface area (Å²) in [7, 11) is 0. The van der Waals surface area contributed by atoms with Crippen LogP contribution in [0.15, 0.2) is 22.8 Å². The molecule has 1 saturated heterocycles. The van der Waals surface area contributed by atoms with Crippen molar-refractivity contribution in [3.8, 4) is 0 Å². The van der Waals surface area contributed by atoms with E-state index in [4.69, 9.17) is 4.74 Å². The zero-order valence-electron chi connectivity index (χ0n) is 13.3. The molecule has 1 atom stereocenters. The first-order valence-electron chi connectivity index (χ1n) is 7.26. The van der Waals surface area contributed by atoms with Crippen LogP contribution in [0.1, 0.15) is 20.8 Å². The predicted octanol–water partition coefficient (Wildman–Crippen LogP) is 2.35. The van der Waals surface area contributed by atoms with E-state index in [1.807, 2.05) is 6.07 Å². The molecular formula is C15H20BrN3O4. The number of amides is 1. The van der Waals surface area contributed by atoms with Crippen molar-refractivity contribution >= 4 is 33.8 Å². The molecule has 2 heterocycles. The maximum atomic E-state index is 12.1. The van der Waals surface area contributed by atoms with Gasteiger partial charge in [-0.2, -0.15) is 0 Å². The molecule has 1 aromatic heterocycles. The number of carbonyl (C=O) groups excluding carboxylic acids is 1. The Balaban J connectivity index is 2.13. The highest BCUT2D eigenvalue weighted by Crippen LogP contribution is 2.21. The van der Waals surface area contributed by atoms with Gasteiger partial charge in [0.15, 0.2) is 0 Å². The molecule has 2 rings (SSSR count). The monoisotopic (exact) mass is 385 g/mol. The van der Waals surface area contributed by atoms with Crippen LogP contribution in [-0.2, 0) is 9.53 Å². The molecule has 1 unspecified atom stereocenters. The maximum absolute atomic E-state index is 12.1. The minimum absolute atomic E-state index is 0.0575. The predicted molar refractivity (Wildman–Crippen MR) is 88.5 cm³/mol. The van der Waals surface area contributed by atoms with Gasteiger partial charge in [0, 0.05) is 23.8 Å². The number of nitrogens with zero attached hydrogens (tertiary/aromatic N) is 3. The number of aliphatic carboxylic acids is 1. The van der Waals surface area contributed by atoms with E-state index in [9.17, 15) is 14.7 Å². The zero-order valence-corrected chi connectivity index (χ0v) is 14.9. The van der Waals surface area contributed by atoms with Crippen LogP contribution in [0.3, 0.4) is 0 Å². The van der Waals surface area contributed by atoms with Crippen LogP contribution in [0.4, 0.5) is 10.6 Å². The Morgan fingerprint density at radius 2 is 2.04 bits per heavy atom. The molecule has 1 amide bonds. The Labute approximate surface area is 143 Å². The van der Waals surface area contributed by atoms with E-state index < -0.39 is 23.7 Å². The summed E-state index contributed by atoms with van der Waals surface area (Å²) in [6.07, 6.45) is 1.13. The van der Waals surface area contributed by atoms with Gasteiger partial charge in [-0.15, -0.1) is 0 Å². The summed E-state index contributed by atoms with van der Waals surface area (Å²) in [6.45, 7) is 6.16. The van der Waals surface area contributed by atoms with Gasteiger partial charge in [-0.05, 0) is 48.8 Å². The summed E-state index contributed by atoms with van der Waals surface area (Å²) in [5, 5.41) is 9.50. The Kier molecular flexibility index (Phi) is 5.13. The third-order valence-corrected chi connectivity index (χ3v) is 3.79. The molecule has 126 valence electrons. The number of halogens is 1. The zero-order chi connectivity index (χ0) is 17.2. The highest BCUT2D eigenvalue weighted by Gasteiger charge is 2.36. The molecule has 0 saturated carbocycles. The third-order valence-electron chi connectivity index (χ3n) is 3.32. The molecule has 1 aliphatic rings. The molecule has 8 heteroatoms. The first-order valence-corrected chi connectivity index (χ1v) is 8.05. The quantitative estimate of drug-likeness (QED) is 0.840. The molecule has 0 aromatic carbocycles. The van der Waals surface area contributed by atoms with E-state index in [1.54, 1.807) is 37.9 Å². The molecule has 1 N–H and O–H groups in total. The molecule has 1 fully saturated rings. The Bertz CT molecular complexity index is 585. The Morgan fingerprint density at radius 3 is 2.57 bits per heavy atom. The van der Waals surface area contributed by atoms with Crippen molar-refractivity contribution in [3.63, 3.8) is 0 Å². The van der Waals surface area contributed by atoms with Gasteiger partial charge in [-0.3, -0.25) is 0 Å². The number of aromatic nitrogens is 1. The molecule has 0 aliphatic carbocycles. The van der Waals surface area contributed by atoms with Crippen LogP contribution < -0.4 is 4.90 Å². The van der Waals surface area contributed by atoms with Crippen LogP contribution in [0.2, 0.25) is 0 Å². The van der Waals surface area contributed by atoms with Crippen LogP contribution in [0.5, 0.6) is 0 Å². The van der Waals surface area contributed by atoms with Crippen molar-refractivity contribution in [2.24, 2.45) is 0 Å². The largest absolute Gasteiger partial charge is 0.480 e. The molecule has 0 spiro atoms. The third kappa shape index (κ3) is 4.57. The average molecular weight is 386 g/mol. The highest BCUT2D eigenvalue weighted by molar-refractivity contribution is 9.10. The van der Waals surface area contributed by atoms with Gasteiger partial charge in [0.2, 0.25) is 0 Å². The minimum Gasteiger partial charge on any atom is -0.480 e. The van der Waals surface area contributed by atoms with Gasteiger partial charge in [0.05, 0.1) is 6.54 Å². The van der Waals surface area contributed by atoms with Crippen LogP contribution in [-0.4, -0.2) is 58.3 Å².